The van der Waals surface area contributed by atoms with Gasteiger partial charge in [-0.05, 0) is 54.5 Å². The van der Waals surface area contributed by atoms with E-state index in [2.05, 4.69) is 32.9 Å². The highest BCUT2D eigenvalue weighted by atomic mass is 19.1. The molecule has 0 amide bonds. The summed E-state index contributed by atoms with van der Waals surface area (Å²) in [6, 6.07) is 5.03. The number of nitrogens with one attached hydrogen (secondary N) is 1. The Kier molecular flexibility index (Phi) is 4.66. The Morgan fingerprint density at radius 1 is 1.25 bits per heavy atom. The number of hydrogen-bond donors (Lipinski definition) is 1. The molecule has 126 valence electrons. The lowest BCUT2D eigenvalue weighted by Gasteiger charge is -2.14. The molecule has 8 heteroatoms. The molecule has 0 unspecified atom stereocenters. The molecule has 0 aliphatic carbocycles. The number of rotatable bonds is 6. The average molecular weight is 329 g/mol. The van der Waals surface area contributed by atoms with Gasteiger partial charge in [-0.15, -0.1) is 5.10 Å². The van der Waals surface area contributed by atoms with Gasteiger partial charge >= 0.3 is 0 Å². The zero-order valence-corrected chi connectivity index (χ0v) is 13.9. The van der Waals surface area contributed by atoms with Crippen LogP contribution in [0.5, 0.6) is 0 Å². The number of nitrogens with zero attached hydrogens (tertiary/aromatic N) is 6. The standard InChI is InChI=1S/C16H20FN7/c1-11-4-5-14(17)15(6-11)24-16(20-21-22-24)8-18-13(3)10-23-9-12(2)7-19-23/h4-7,9,13,18H,8,10H2,1-3H3/t13-/m1/s1. The molecule has 0 spiro atoms. The zero-order chi connectivity index (χ0) is 17.1. The average Bonchev–Trinajstić information content (AvgIpc) is 3.16. The van der Waals surface area contributed by atoms with Gasteiger partial charge in [-0.3, -0.25) is 4.68 Å². The molecule has 0 aliphatic rings. The zero-order valence-electron chi connectivity index (χ0n) is 13.9. The molecule has 0 aliphatic heterocycles. The third-order valence-electron chi connectivity index (χ3n) is 3.70. The van der Waals surface area contributed by atoms with Crippen molar-refractivity contribution in [1.29, 1.82) is 0 Å². The van der Waals surface area contributed by atoms with E-state index in [1.165, 1.54) is 10.7 Å². The summed E-state index contributed by atoms with van der Waals surface area (Å²) in [6.07, 6.45) is 3.82. The number of tetrazole rings is 1. The predicted molar refractivity (Wildman–Crippen MR) is 87.1 cm³/mol. The van der Waals surface area contributed by atoms with Crippen molar-refractivity contribution in [3.8, 4) is 5.69 Å². The molecule has 3 aromatic rings. The largest absolute Gasteiger partial charge is 0.305 e. The SMILES string of the molecule is Cc1ccc(F)c(-n2nnnc2CN[C@H](C)Cn2cc(C)cn2)c1. The summed E-state index contributed by atoms with van der Waals surface area (Å²) < 4.78 is 17.4. The second-order valence-electron chi connectivity index (χ2n) is 5.98. The molecule has 1 aromatic carbocycles. The minimum Gasteiger partial charge on any atom is -0.305 e. The molecule has 3 rings (SSSR count). The molecule has 2 heterocycles. The van der Waals surface area contributed by atoms with Crippen LogP contribution >= 0.6 is 0 Å². The van der Waals surface area contributed by atoms with Crippen molar-refractivity contribution in [2.75, 3.05) is 0 Å². The predicted octanol–water partition coefficient (Wildman–Crippen LogP) is 1.79. The maximum Gasteiger partial charge on any atom is 0.170 e. The summed E-state index contributed by atoms with van der Waals surface area (Å²) in [7, 11) is 0. The second-order valence-corrected chi connectivity index (χ2v) is 5.98. The maximum atomic E-state index is 14.1. The topological polar surface area (TPSA) is 73.5 Å². The lowest BCUT2D eigenvalue weighted by atomic mass is 10.2. The van der Waals surface area contributed by atoms with E-state index in [9.17, 15) is 4.39 Å². The van der Waals surface area contributed by atoms with Crippen LogP contribution in [0.25, 0.3) is 5.69 Å². The van der Waals surface area contributed by atoms with Gasteiger partial charge in [0.05, 0.1) is 19.3 Å². The molecular formula is C16H20FN7. The van der Waals surface area contributed by atoms with Crippen molar-refractivity contribution < 1.29 is 4.39 Å². The summed E-state index contributed by atoms with van der Waals surface area (Å²) in [5, 5.41) is 19.2. The maximum absolute atomic E-state index is 14.1. The van der Waals surface area contributed by atoms with Crippen LogP contribution in [0, 0.1) is 19.7 Å². The van der Waals surface area contributed by atoms with Gasteiger partial charge in [-0.25, -0.2) is 4.39 Å². The van der Waals surface area contributed by atoms with Crippen molar-refractivity contribution in [2.24, 2.45) is 0 Å². The molecule has 0 saturated heterocycles. The molecule has 7 nitrogen and oxygen atoms in total. The number of hydrogen-bond acceptors (Lipinski definition) is 5. The minimum absolute atomic E-state index is 0.164. The van der Waals surface area contributed by atoms with Crippen LogP contribution in [0.1, 0.15) is 23.9 Å². The van der Waals surface area contributed by atoms with Gasteiger partial charge in [0, 0.05) is 12.2 Å². The monoisotopic (exact) mass is 329 g/mol. The van der Waals surface area contributed by atoms with E-state index in [0.29, 0.717) is 18.1 Å². The Morgan fingerprint density at radius 3 is 2.83 bits per heavy atom. The molecule has 24 heavy (non-hydrogen) atoms. The first kappa shape index (κ1) is 16.3. The van der Waals surface area contributed by atoms with E-state index >= 15 is 0 Å². The molecule has 1 atom stereocenters. The fraction of sp³-hybridized carbons (Fsp3) is 0.375. The van der Waals surface area contributed by atoms with Gasteiger partial charge in [-0.2, -0.15) is 9.78 Å². The fourth-order valence-corrected chi connectivity index (χ4v) is 2.47. The van der Waals surface area contributed by atoms with E-state index in [1.807, 2.05) is 30.9 Å². The number of halogens is 1. The molecule has 0 bridgehead atoms. The summed E-state index contributed by atoms with van der Waals surface area (Å²) in [6.45, 7) is 7.12. The lowest BCUT2D eigenvalue weighted by Crippen LogP contribution is -2.31. The number of aromatic nitrogens is 6. The van der Waals surface area contributed by atoms with Crippen molar-refractivity contribution in [2.45, 2.75) is 39.9 Å². The minimum atomic E-state index is -0.353. The third-order valence-corrected chi connectivity index (χ3v) is 3.70. The Morgan fingerprint density at radius 2 is 2.08 bits per heavy atom. The smallest absolute Gasteiger partial charge is 0.170 e. The Bertz CT molecular complexity index is 823. The normalized spacial score (nSPS) is 12.5. The highest BCUT2D eigenvalue weighted by Crippen LogP contribution is 2.15. The van der Waals surface area contributed by atoms with E-state index in [1.54, 1.807) is 12.1 Å². The highest BCUT2D eigenvalue weighted by molar-refractivity contribution is 5.36. The first-order valence-electron chi connectivity index (χ1n) is 7.79. The van der Waals surface area contributed by atoms with Crippen molar-refractivity contribution in [1.82, 2.24) is 35.3 Å². The Hall–Kier alpha value is -2.61. The quantitative estimate of drug-likeness (QED) is 0.746. The van der Waals surface area contributed by atoms with Gasteiger partial charge < -0.3 is 5.32 Å². The molecule has 2 aromatic heterocycles. The number of benzene rings is 1. The van der Waals surface area contributed by atoms with E-state index in [4.69, 9.17) is 0 Å². The van der Waals surface area contributed by atoms with Gasteiger partial charge in [0.2, 0.25) is 0 Å². The van der Waals surface area contributed by atoms with Crippen LogP contribution < -0.4 is 5.32 Å². The van der Waals surface area contributed by atoms with Crippen LogP contribution in [0.2, 0.25) is 0 Å². The van der Waals surface area contributed by atoms with Gasteiger partial charge in [0.25, 0.3) is 0 Å². The summed E-state index contributed by atoms with van der Waals surface area (Å²) >= 11 is 0. The third kappa shape index (κ3) is 3.65. The molecule has 0 radical (unpaired) electrons. The molecule has 0 fully saturated rings. The Labute approximate surface area is 139 Å². The first-order chi connectivity index (χ1) is 11.5. The summed E-state index contributed by atoms with van der Waals surface area (Å²) in [4.78, 5) is 0. The summed E-state index contributed by atoms with van der Waals surface area (Å²) in [5.74, 6) is 0.206. The second kappa shape index (κ2) is 6.88. The first-order valence-corrected chi connectivity index (χ1v) is 7.79. The van der Waals surface area contributed by atoms with Crippen LogP contribution in [-0.2, 0) is 13.1 Å². The van der Waals surface area contributed by atoms with E-state index < -0.39 is 0 Å². The van der Waals surface area contributed by atoms with Crippen molar-refractivity contribution in [3.63, 3.8) is 0 Å². The highest BCUT2D eigenvalue weighted by Gasteiger charge is 2.13. The fourth-order valence-electron chi connectivity index (χ4n) is 2.47. The van der Waals surface area contributed by atoms with Gasteiger partial charge in [0.1, 0.15) is 11.5 Å². The van der Waals surface area contributed by atoms with Crippen molar-refractivity contribution in [3.05, 3.63) is 53.4 Å². The van der Waals surface area contributed by atoms with Gasteiger partial charge in [0.15, 0.2) is 5.82 Å². The molecule has 0 saturated carbocycles. The van der Waals surface area contributed by atoms with Crippen LogP contribution in [-0.4, -0.2) is 36.0 Å². The Balaban J connectivity index is 1.68. The van der Waals surface area contributed by atoms with Crippen molar-refractivity contribution >= 4 is 0 Å². The van der Waals surface area contributed by atoms with Gasteiger partial charge in [-0.1, -0.05) is 6.07 Å². The lowest BCUT2D eigenvalue weighted by molar-refractivity contribution is 0.442. The van der Waals surface area contributed by atoms with Crippen LogP contribution in [0.4, 0.5) is 4.39 Å². The summed E-state index contributed by atoms with van der Waals surface area (Å²) in [5.41, 5.74) is 2.43. The molecule has 1 N–H and O–H groups in total. The van der Waals surface area contributed by atoms with E-state index in [0.717, 1.165) is 17.7 Å². The van der Waals surface area contributed by atoms with Crippen LogP contribution in [0.3, 0.4) is 0 Å². The van der Waals surface area contributed by atoms with E-state index in [-0.39, 0.29) is 11.9 Å². The molecular weight excluding hydrogens is 309 g/mol. The number of aryl methyl sites for hydroxylation is 2. The van der Waals surface area contributed by atoms with Crippen LogP contribution in [0.15, 0.2) is 30.6 Å².